The average molecular weight is 351 g/mol. The van der Waals surface area contributed by atoms with Crippen LogP contribution in [0, 0.1) is 5.41 Å². The number of rotatable bonds is 8. The summed E-state index contributed by atoms with van der Waals surface area (Å²) in [5, 5.41) is 5.47. The molecule has 0 aromatic heterocycles. The van der Waals surface area contributed by atoms with E-state index in [2.05, 4.69) is 10.6 Å². The number of nitrogens with one attached hydrogen (secondary N) is 2. The number of amides is 2. The van der Waals surface area contributed by atoms with Gasteiger partial charge < -0.3 is 25.8 Å². The minimum atomic E-state index is -0.589. The van der Waals surface area contributed by atoms with Crippen molar-refractivity contribution in [1.29, 1.82) is 0 Å². The summed E-state index contributed by atoms with van der Waals surface area (Å²) < 4.78 is 10.8. The molecule has 0 aliphatic rings. The molecule has 1 aromatic carbocycles. The third-order valence-corrected chi connectivity index (χ3v) is 3.64. The van der Waals surface area contributed by atoms with Gasteiger partial charge >= 0.3 is 0 Å². The van der Waals surface area contributed by atoms with Crippen molar-refractivity contribution in [3.63, 3.8) is 0 Å². The number of likely N-dealkylation sites (N-methyl/N-ethyl adjacent to an activating group) is 1. The van der Waals surface area contributed by atoms with E-state index in [1.165, 1.54) is 7.11 Å². The summed E-state index contributed by atoms with van der Waals surface area (Å²) in [6.07, 6.45) is 0. The van der Waals surface area contributed by atoms with Gasteiger partial charge in [0.1, 0.15) is 0 Å². The number of hydrogen-bond donors (Lipinski definition) is 3. The van der Waals surface area contributed by atoms with E-state index in [0.29, 0.717) is 24.6 Å². The van der Waals surface area contributed by atoms with Crippen molar-refractivity contribution in [3.8, 4) is 11.5 Å². The topological polar surface area (TPSA) is 103 Å². The molecule has 7 heteroatoms. The molecule has 1 atom stereocenters. The Balaban J connectivity index is 2.68. The van der Waals surface area contributed by atoms with E-state index in [4.69, 9.17) is 15.2 Å². The van der Waals surface area contributed by atoms with Crippen molar-refractivity contribution in [2.75, 3.05) is 20.3 Å². The first-order valence-corrected chi connectivity index (χ1v) is 8.28. The van der Waals surface area contributed by atoms with E-state index in [-0.39, 0.29) is 23.8 Å². The van der Waals surface area contributed by atoms with Crippen LogP contribution in [0.5, 0.6) is 11.5 Å². The first-order chi connectivity index (χ1) is 11.7. The normalized spacial score (nSPS) is 12.2. The van der Waals surface area contributed by atoms with Gasteiger partial charge in [0.05, 0.1) is 13.2 Å². The largest absolute Gasteiger partial charge is 0.493 e. The number of nitrogens with two attached hydrogens (primary N) is 1. The lowest BCUT2D eigenvalue weighted by atomic mass is 9.87. The molecule has 25 heavy (non-hydrogen) atoms. The Morgan fingerprint density at radius 3 is 2.44 bits per heavy atom. The molecule has 0 aliphatic carbocycles. The zero-order chi connectivity index (χ0) is 19.0. The summed E-state index contributed by atoms with van der Waals surface area (Å²) in [7, 11) is 1.52. The summed E-state index contributed by atoms with van der Waals surface area (Å²) in [5.74, 6) is 0.562. The Morgan fingerprint density at radius 2 is 1.88 bits per heavy atom. The second-order valence-electron chi connectivity index (χ2n) is 6.79. The Labute approximate surface area is 149 Å². The summed E-state index contributed by atoms with van der Waals surface area (Å²) in [6, 6.07) is 4.69. The SMILES string of the molecule is CCNC(=O)COc1ccc(CNC(=O)[C@@H](N)C(C)(C)C)cc1OC. The zero-order valence-electron chi connectivity index (χ0n) is 15.6. The van der Waals surface area contributed by atoms with Gasteiger partial charge in [-0.05, 0) is 30.0 Å². The summed E-state index contributed by atoms with van der Waals surface area (Å²) >= 11 is 0. The standard InChI is InChI=1S/C18H29N3O4/c1-6-20-15(22)11-25-13-8-7-12(9-14(13)24-5)10-21-17(23)16(19)18(2,3)4/h7-9,16H,6,10-11,19H2,1-5H3,(H,20,22)(H,21,23)/t16-/m1/s1. The van der Waals surface area contributed by atoms with Crippen LogP contribution in [-0.4, -0.2) is 38.1 Å². The van der Waals surface area contributed by atoms with E-state index in [1.54, 1.807) is 18.2 Å². The van der Waals surface area contributed by atoms with Crippen molar-refractivity contribution in [3.05, 3.63) is 23.8 Å². The molecule has 2 amide bonds. The molecule has 0 aliphatic heterocycles. The maximum Gasteiger partial charge on any atom is 0.257 e. The second-order valence-corrected chi connectivity index (χ2v) is 6.79. The Kier molecular flexibility index (Phi) is 7.70. The van der Waals surface area contributed by atoms with E-state index < -0.39 is 6.04 Å². The van der Waals surface area contributed by atoms with Crippen LogP contribution >= 0.6 is 0 Å². The molecule has 1 rings (SSSR count). The van der Waals surface area contributed by atoms with Gasteiger partial charge in [0.15, 0.2) is 18.1 Å². The van der Waals surface area contributed by atoms with Crippen LogP contribution in [0.4, 0.5) is 0 Å². The lowest BCUT2D eigenvalue weighted by Gasteiger charge is -2.25. The molecule has 0 saturated heterocycles. The van der Waals surface area contributed by atoms with Crippen LogP contribution in [0.15, 0.2) is 18.2 Å². The van der Waals surface area contributed by atoms with Gasteiger partial charge in [0, 0.05) is 13.1 Å². The first-order valence-electron chi connectivity index (χ1n) is 8.28. The highest BCUT2D eigenvalue weighted by atomic mass is 16.5. The number of methoxy groups -OCH3 is 1. The molecule has 0 spiro atoms. The second kappa shape index (κ2) is 9.27. The van der Waals surface area contributed by atoms with Crippen LogP contribution in [-0.2, 0) is 16.1 Å². The number of carbonyl (C=O) groups excluding carboxylic acids is 2. The summed E-state index contributed by atoms with van der Waals surface area (Å²) in [4.78, 5) is 23.6. The molecule has 4 N–H and O–H groups in total. The third kappa shape index (κ3) is 6.62. The van der Waals surface area contributed by atoms with Gasteiger partial charge in [-0.25, -0.2) is 0 Å². The quantitative estimate of drug-likeness (QED) is 0.653. The van der Waals surface area contributed by atoms with Crippen molar-refractivity contribution >= 4 is 11.8 Å². The summed E-state index contributed by atoms with van der Waals surface area (Å²) in [6.45, 7) is 8.39. The molecule has 0 fully saturated rings. The molecular formula is C18H29N3O4. The predicted octanol–water partition coefficient (Wildman–Crippen LogP) is 1.20. The Morgan fingerprint density at radius 1 is 1.20 bits per heavy atom. The lowest BCUT2D eigenvalue weighted by Crippen LogP contribution is -2.48. The average Bonchev–Trinajstić information content (AvgIpc) is 2.56. The lowest BCUT2D eigenvalue weighted by molar-refractivity contribution is -0.125. The highest BCUT2D eigenvalue weighted by Gasteiger charge is 2.27. The fraction of sp³-hybridized carbons (Fsp3) is 0.556. The van der Waals surface area contributed by atoms with E-state index in [1.807, 2.05) is 27.7 Å². The van der Waals surface area contributed by atoms with E-state index in [0.717, 1.165) is 5.56 Å². The summed E-state index contributed by atoms with van der Waals surface area (Å²) in [5.41, 5.74) is 6.47. The van der Waals surface area contributed by atoms with Crippen LogP contribution in [0.1, 0.15) is 33.3 Å². The molecule has 0 heterocycles. The van der Waals surface area contributed by atoms with Crippen molar-refractivity contribution in [2.24, 2.45) is 11.1 Å². The van der Waals surface area contributed by atoms with Gasteiger partial charge in [-0.3, -0.25) is 9.59 Å². The van der Waals surface area contributed by atoms with Crippen LogP contribution in [0.25, 0.3) is 0 Å². The van der Waals surface area contributed by atoms with E-state index in [9.17, 15) is 9.59 Å². The molecular weight excluding hydrogens is 322 g/mol. The van der Waals surface area contributed by atoms with Gasteiger partial charge in [0.25, 0.3) is 5.91 Å². The maximum absolute atomic E-state index is 12.1. The third-order valence-electron chi connectivity index (χ3n) is 3.64. The molecule has 1 aromatic rings. The van der Waals surface area contributed by atoms with Crippen molar-refractivity contribution in [2.45, 2.75) is 40.3 Å². The molecule has 0 radical (unpaired) electrons. The Hall–Kier alpha value is -2.28. The van der Waals surface area contributed by atoms with E-state index >= 15 is 0 Å². The van der Waals surface area contributed by atoms with Gasteiger partial charge in [-0.15, -0.1) is 0 Å². The monoisotopic (exact) mass is 351 g/mol. The highest BCUT2D eigenvalue weighted by molar-refractivity contribution is 5.82. The fourth-order valence-electron chi connectivity index (χ4n) is 2.03. The number of ether oxygens (including phenoxy) is 2. The molecule has 0 saturated carbocycles. The zero-order valence-corrected chi connectivity index (χ0v) is 15.6. The molecule has 7 nitrogen and oxygen atoms in total. The van der Waals surface area contributed by atoms with Gasteiger partial charge in [-0.1, -0.05) is 26.8 Å². The number of benzene rings is 1. The molecule has 0 bridgehead atoms. The van der Waals surface area contributed by atoms with Gasteiger partial charge in [-0.2, -0.15) is 0 Å². The fourth-order valence-corrected chi connectivity index (χ4v) is 2.03. The minimum absolute atomic E-state index is 0.0826. The van der Waals surface area contributed by atoms with Crippen LogP contribution in [0.2, 0.25) is 0 Å². The first kappa shape index (κ1) is 20.8. The predicted molar refractivity (Wildman–Crippen MR) is 96.4 cm³/mol. The van der Waals surface area contributed by atoms with Crippen LogP contribution < -0.4 is 25.8 Å². The number of hydrogen-bond acceptors (Lipinski definition) is 5. The van der Waals surface area contributed by atoms with Crippen molar-refractivity contribution in [1.82, 2.24) is 10.6 Å². The van der Waals surface area contributed by atoms with Crippen molar-refractivity contribution < 1.29 is 19.1 Å². The maximum atomic E-state index is 12.1. The highest BCUT2D eigenvalue weighted by Crippen LogP contribution is 2.28. The van der Waals surface area contributed by atoms with Gasteiger partial charge in [0.2, 0.25) is 5.91 Å². The Bertz CT molecular complexity index is 596. The number of carbonyl (C=O) groups is 2. The molecule has 0 unspecified atom stereocenters. The minimum Gasteiger partial charge on any atom is -0.493 e. The smallest absolute Gasteiger partial charge is 0.257 e. The van der Waals surface area contributed by atoms with Crippen LogP contribution in [0.3, 0.4) is 0 Å². The molecule has 140 valence electrons.